The van der Waals surface area contributed by atoms with Crippen LogP contribution in [-0.2, 0) is 5.41 Å². The number of unbranched alkanes of at least 4 members (excludes halogenated alkanes) is 1. The molecule has 0 saturated heterocycles. The quantitative estimate of drug-likeness (QED) is 0.609. The molecule has 0 aromatic heterocycles. The summed E-state index contributed by atoms with van der Waals surface area (Å²) in [5, 5.41) is 0. The fraction of sp³-hybridized carbons (Fsp3) is 0.529. The van der Waals surface area contributed by atoms with E-state index < -0.39 is 0 Å². The molecule has 18 heavy (non-hydrogen) atoms. The predicted molar refractivity (Wildman–Crippen MR) is 81.7 cm³/mol. The number of rotatable bonds is 5. The van der Waals surface area contributed by atoms with Crippen LogP contribution in [0.2, 0.25) is 0 Å². The van der Waals surface area contributed by atoms with Crippen molar-refractivity contribution in [3.05, 3.63) is 36.2 Å². The molecule has 0 amide bonds. The maximum Gasteiger partial charge on any atom is 0.0631 e. The monoisotopic (exact) mass is 244 g/mol. The van der Waals surface area contributed by atoms with Crippen molar-refractivity contribution in [2.24, 2.45) is 4.99 Å². The highest BCUT2D eigenvalue weighted by Gasteiger charge is 2.13. The van der Waals surface area contributed by atoms with E-state index in [1.54, 1.807) is 0 Å². The third-order valence-electron chi connectivity index (χ3n) is 3.08. The molecular weight excluding hydrogens is 218 g/mol. The molecule has 1 radical (unpaired) electrons. The lowest BCUT2D eigenvalue weighted by Crippen LogP contribution is -2.10. The van der Waals surface area contributed by atoms with Gasteiger partial charge in [0.15, 0.2) is 0 Å². The Morgan fingerprint density at radius 3 is 2.50 bits per heavy atom. The molecule has 0 aliphatic rings. The van der Waals surface area contributed by atoms with Gasteiger partial charge < -0.3 is 0 Å². The smallest absolute Gasteiger partial charge is 0.0631 e. The SMILES string of the molecule is CC[CH]CC(CC)=Nc1cccc(C(C)(C)C)c1. The highest BCUT2D eigenvalue weighted by molar-refractivity contribution is 5.87. The van der Waals surface area contributed by atoms with Crippen molar-refractivity contribution in [1.82, 2.24) is 0 Å². The van der Waals surface area contributed by atoms with Gasteiger partial charge in [0.25, 0.3) is 0 Å². The molecule has 1 nitrogen and oxygen atoms in total. The van der Waals surface area contributed by atoms with Gasteiger partial charge in [0, 0.05) is 5.71 Å². The Morgan fingerprint density at radius 2 is 1.94 bits per heavy atom. The van der Waals surface area contributed by atoms with E-state index in [0.29, 0.717) is 0 Å². The van der Waals surface area contributed by atoms with E-state index in [9.17, 15) is 0 Å². The van der Waals surface area contributed by atoms with E-state index in [2.05, 4.69) is 65.3 Å². The van der Waals surface area contributed by atoms with Crippen molar-refractivity contribution in [3.8, 4) is 0 Å². The molecule has 0 spiro atoms. The third kappa shape index (κ3) is 4.64. The minimum Gasteiger partial charge on any atom is -0.258 e. The van der Waals surface area contributed by atoms with Crippen LogP contribution in [0.5, 0.6) is 0 Å². The van der Waals surface area contributed by atoms with Crippen molar-refractivity contribution in [1.29, 1.82) is 0 Å². The minimum absolute atomic E-state index is 0.188. The fourth-order valence-electron chi connectivity index (χ4n) is 1.80. The molecule has 0 fully saturated rings. The number of benzene rings is 1. The Labute approximate surface area is 112 Å². The van der Waals surface area contributed by atoms with Gasteiger partial charge in [-0.15, -0.1) is 0 Å². The van der Waals surface area contributed by atoms with Crippen LogP contribution in [0.1, 0.15) is 59.4 Å². The second-order valence-electron chi connectivity index (χ2n) is 5.73. The largest absolute Gasteiger partial charge is 0.258 e. The molecule has 0 bridgehead atoms. The standard InChI is InChI=1S/C17H26N/c1-6-8-11-15(7-2)18-16-12-9-10-14(13-16)17(3,4)5/h8-10,12-13H,6-7,11H2,1-5H3. The van der Waals surface area contributed by atoms with Gasteiger partial charge in [-0.2, -0.15) is 0 Å². The number of hydrogen-bond acceptors (Lipinski definition) is 1. The molecule has 0 aliphatic heterocycles. The Kier molecular flexibility index (Phi) is 5.58. The third-order valence-corrected chi connectivity index (χ3v) is 3.08. The summed E-state index contributed by atoms with van der Waals surface area (Å²) in [5.41, 5.74) is 3.89. The van der Waals surface area contributed by atoms with Crippen molar-refractivity contribution >= 4 is 11.4 Å². The van der Waals surface area contributed by atoms with Crippen molar-refractivity contribution in [3.63, 3.8) is 0 Å². The van der Waals surface area contributed by atoms with Gasteiger partial charge in [-0.05, 0) is 42.4 Å². The molecule has 1 rings (SSSR count). The molecule has 0 saturated carbocycles. The van der Waals surface area contributed by atoms with Gasteiger partial charge >= 0.3 is 0 Å². The predicted octanol–water partition coefficient (Wildman–Crippen LogP) is 5.47. The first-order valence-electron chi connectivity index (χ1n) is 6.96. The highest BCUT2D eigenvalue weighted by Crippen LogP contribution is 2.26. The lowest BCUT2D eigenvalue weighted by atomic mass is 9.87. The first-order valence-corrected chi connectivity index (χ1v) is 6.96. The van der Waals surface area contributed by atoms with Crippen molar-refractivity contribution < 1.29 is 0 Å². The van der Waals surface area contributed by atoms with Crippen molar-refractivity contribution in [2.75, 3.05) is 0 Å². The molecule has 1 heteroatoms. The molecule has 0 N–H and O–H groups in total. The van der Waals surface area contributed by atoms with E-state index in [1.165, 1.54) is 11.3 Å². The van der Waals surface area contributed by atoms with Gasteiger partial charge in [-0.1, -0.05) is 53.2 Å². The van der Waals surface area contributed by atoms with Gasteiger partial charge in [-0.25, -0.2) is 0 Å². The van der Waals surface area contributed by atoms with Crippen LogP contribution in [-0.4, -0.2) is 5.71 Å². The summed E-state index contributed by atoms with van der Waals surface area (Å²) in [6.07, 6.45) is 5.43. The first kappa shape index (κ1) is 14.9. The molecule has 0 heterocycles. The van der Waals surface area contributed by atoms with Gasteiger partial charge in [-0.3, -0.25) is 4.99 Å². The van der Waals surface area contributed by atoms with E-state index in [1.807, 2.05) is 0 Å². The molecule has 99 valence electrons. The second kappa shape index (κ2) is 6.72. The zero-order valence-electron chi connectivity index (χ0n) is 12.5. The molecule has 1 aromatic carbocycles. The Bertz CT molecular complexity index is 396. The molecular formula is C17H26N. The van der Waals surface area contributed by atoms with Crippen LogP contribution in [0, 0.1) is 6.42 Å². The summed E-state index contributed by atoms with van der Waals surface area (Å²) in [4.78, 5) is 4.77. The van der Waals surface area contributed by atoms with Crippen LogP contribution in [0.25, 0.3) is 0 Å². The van der Waals surface area contributed by atoms with Crippen LogP contribution >= 0.6 is 0 Å². The van der Waals surface area contributed by atoms with E-state index in [0.717, 1.165) is 24.9 Å². The minimum atomic E-state index is 0.188. The lowest BCUT2D eigenvalue weighted by molar-refractivity contribution is 0.590. The van der Waals surface area contributed by atoms with Gasteiger partial charge in [0.2, 0.25) is 0 Å². The number of nitrogens with zero attached hydrogens (tertiary/aromatic N) is 1. The Balaban J connectivity index is 2.92. The second-order valence-corrected chi connectivity index (χ2v) is 5.73. The molecule has 0 atom stereocenters. The van der Waals surface area contributed by atoms with E-state index >= 15 is 0 Å². The zero-order valence-corrected chi connectivity index (χ0v) is 12.5. The van der Waals surface area contributed by atoms with E-state index in [4.69, 9.17) is 4.99 Å². The highest BCUT2D eigenvalue weighted by atomic mass is 14.7. The van der Waals surface area contributed by atoms with Crippen LogP contribution in [0.15, 0.2) is 29.3 Å². The number of hydrogen-bond donors (Lipinski definition) is 0. The van der Waals surface area contributed by atoms with E-state index in [-0.39, 0.29) is 5.41 Å². The fourth-order valence-corrected chi connectivity index (χ4v) is 1.80. The maximum atomic E-state index is 4.77. The molecule has 0 aliphatic carbocycles. The summed E-state index contributed by atoms with van der Waals surface area (Å²) in [6, 6.07) is 8.59. The topological polar surface area (TPSA) is 12.4 Å². The van der Waals surface area contributed by atoms with Crippen molar-refractivity contribution in [2.45, 2.75) is 59.3 Å². The average Bonchev–Trinajstić information content (AvgIpc) is 2.33. The lowest BCUT2D eigenvalue weighted by Gasteiger charge is -2.19. The Morgan fingerprint density at radius 1 is 1.22 bits per heavy atom. The van der Waals surface area contributed by atoms with Crippen LogP contribution < -0.4 is 0 Å². The average molecular weight is 244 g/mol. The zero-order chi connectivity index (χ0) is 13.6. The maximum absolute atomic E-state index is 4.77. The molecule has 0 unspecified atom stereocenters. The summed E-state index contributed by atoms with van der Waals surface area (Å²) in [5.74, 6) is 0. The summed E-state index contributed by atoms with van der Waals surface area (Å²) in [6.45, 7) is 11.1. The first-order chi connectivity index (χ1) is 8.47. The van der Waals surface area contributed by atoms with Gasteiger partial charge in [0.05, 0.1) is 5.69 Å². The number of aliphatic imine (C=N–C) groups is 1. The summed E-state index contributed by atoms with van der Waals surface area (Å²) < 4.78 is 0. The summed E-state index contributed by atoms with van der Waals surface area (Å²) in [7, 11) is 0. The van der Waals surface area contributed by atoms with Gasteiger partial charge in [0.1, 0.15) is 0 Å². The summed E-state index contributed by atoms with van der Waals surface area (Å²) >= 11 is 0. The van der Waals surface area contributed by atoms with Crippen LogP contribution in [0.3, 0.4) is 0 Å². The van der Waals surface area contributed by atoms with Crippen LogP contribution in [0.4, 0.5) is 5.69 Å². The molecule has 1 aromatic rings. The Hall–Kier alpha value is -1.11. The normalized spacial score (nSPS) is 12.8.